The highest BCUT2D eigenvalue weighted by atomic mass is 35.5. The molecule has 3 aromatic carbocycles. The summed E-state index contributed by atoms with van der Waals surface area (Å²) < 4.78 is 65.1. The maximum atomic E-state index is 15.7. The molecule has 3 fully saturated rings. The number of phenolic OH excluding ortho intramolecular Hbond substituents is 1. The Balaban J connectivity index is 0.760. The Kier molecular flexibility index (Phi) is 23.7. The molecule has 14 rings (SSSR count). The molecule has 3 saturated heterocycles. The molecule has 11 heterocycles. The Morgan fingerprint density at radius 1 is 0.533 bits per heavy atom. The van der Waals surface area contributed by atoms with Gasteiger partial charge in [-0.2, -0.15) is 15.0 Å². The van der Waals surface area contributed by atoms with Crippen molar-refractivity contribution in [3.05, 3.63) is 207 Å². The van der Waals surface area contributed by atoms with E-state index < -0.39 is 76.0 Å². The first-order chi connectivity index (χ1) is 56.8. The number of carbonyl (C=O) groups excluding carboxylic acids is 3. The number of hydrogen-bond donors (Lipinski definition) is 1. The lowest BCUT2D eigenvalue weighted by Crippen LogP contribution is -2.58. The highest BCUT2D eigenvalue weighted by Gasteiger charge is 2.40. The number of piperazine rings is 3. The van der Waals surface area contributed by atoms with Gasteiger partial charge in [0.1, 0.15) is 46.2 Å². The SMILES string of the molecule is C=CC(=O)N1CC(C)N(c2nc(=O)n(-c3c(Cl)nc(/C=C\C(=O)N4CC(C)N(c5nc(=O)n(-c6c(C(C)C)ncc(CCC(=O)N7CC(C)N(c8nc(=O)n(CC(C)(C)C)c9nc(-c%10ccccc%10F)c(Cl)cc89)CC7C)c6C)c6nc(-c7cc(F)c(F)cc7O)c(Cl)cc56)CC4C)nc3C(C)C)c3nc(-c4ccccc4F)c(Cl)cc23)CC1C. The smallest absolute Gasteiger partial charge is 0.356 e. The zero-order valence-electron chi connectivity index (χ0n) is 68.5. The number of phenols is 1. The van der Waals surface area contributed by atoms with E-state index in [2.05, 4.69) is 21.5 Å². The lowest BCUT2D eigenvalue weighted by Gasteiger charge is -2.45. The van der Waals surface area contributed by atoms with Gasteiger partial charge in [0.2, 0.25) is 17.7 Å². The number of carbonyl (C=O) groups is 3. The van der Waals surface area contributed by atoms with Crippen LogP contribution < -0.4 is 31.8 Å². The highest BCUT2D eigenvalue weighted by Crippen LogP contribution is 2.43. The van der Waals surface area contributed by atoms with Gasteiger partial charge in [0.25, 0.3) is 0 Å². The fourth-order valence-electron chi connectivity index (χ4n) is 16.4. The van der Waals surface area contributed by atoms with Gasteiger partial charge in [0.05, 0.1) is 65.4 Å². The molecule has 6 unspecified atom stereocenters. The van der Waals surface area contributed by atoms with Crippen molar-refractivity contribution in [2.75, 3.05) is 54.0 Å². The zero-order chi connectivity index (χ0) is 86.4. The molecule has 0 spiro atoms. The third-order valence-corrected chi connectivity index (χ3v) is 23.5. The number of amides is 3. The number of aromatic nitrogens is 12. The largest absolute Gasteiger partial charge is 0.507 e. The van der Waals surface area contributed by atoms with Crippen molar-refractivity contribution in [1.29, 1.82) is 0 Å². The van der Waals surface area contributed by atoms with Gasteiger partial charge in [-0.1, -0.05) is 126 Å². The molecule has 3 aliphatic heterocycles. The molecular weight excluding hydrogens is 1630 g/mol. The van der Waals surface area contributed by atoms with Gasteiger partial charge < -0.3 is 34.5 Å². The number of aromatic hydroxyl groups is 1. The summed E-state index contributed by atoms with van der Waals surface area (Å²) in [5, 5.41) is 12.1. The molecule has 6 atom stereocenters. The summed E-state index contributed by atoms with van der Waals surface area (Å²) in [5.41, 5.74) is -0.317. The first kappa shape index (κ1) is 85.2. The Morgan fingerprint density at radius 3 is 1.47 bits per heavy atom. The van der Waals surface area contributed by atoms with E-state index in [0.717, 1.165) is 6.07 Å². The van der Waals surface area contributed by atoms with Crippen LogP contribution in [0.25, 0.3) is 84.3 Å². The molecule has 0 radical (unpaired) electrons. The summed E-state index contributed by atoms with van der Waals surface area (Å²) >= 11 is 28.3. The molecule has 624 valence electrons. The summed E-state index contributed by atoms with van der Waals surface area (Å²) in [6.45, 7) is 31.5. The second-order valence-electron chi connectivity index (χ2n) is 33.0. The minimum atomic E-state index is -1.33. The first-order valence-corrected chi connectivity index (χ1v) is 41.0. The maximum Gasteiger partial charge on any atom is 0.356 e. The van der Waals surface area contributed by atoms with Crippen molar-refractivity contribution in [3.8, 4) is 50.9 Å². The number of halogens is 8. The Labute approximate surface area is 708 Å². The maximum absolute atomic E-state index is 15.7. The third-order valence-electron chi connectivity index (χ3n) is 22.4. The molecule has 3 aliphatic rings. The molecule has 0 aliphatic carbocycles. The molecular formula is C87H88Cl4F4N18O7. The van der Waals surface area contributed by atoms with Crippen molar-refractivity contribution in [3.63, 3.8) is 0 Å². The molecule has 8 aromatic heterocycles. The van der Waals surface area contributed by atoms with Gasteiger partial charge in [0.15, 0.2) is 33.9 Å². The van der Waals surface area contributed by atoms with Crippen LogP contribution >= 0.6 is 46.4 Å². The van der Waals surface area contributed by atoms with Crippen LogP contribution in [-0.4, -0.2) is 172 Å². The second-order valence-corrected chi connectivity index (χ2v) is 34.5. The average molecular weight is 1720 g/mol. The van der Waals surface area contributed by atoms with Gasteiger partial charge in [-0.05, 0) is 144 Å². The fourth-order valence-corrected chi connectivity index (χ4v) is 17.4. The van der Waals surface area contributed by atoms with Gasteiger partial charge in [-0.25, -0.2) is 66.0 Å². The number of benzene rings is 3. The summed E-state index contributed by atoms with van der Waals surface area (Å²) in [5.74, 6) is -5.56. The number of pyridine rings is 4. The number of aryl methyl sites for hydroxylation is 1. The number of anilines is 3. The number of hydrogen-bond acceptors (Lipinski definition) is 19. The fraction of sp³-hybridized carbons (Fsp3) is 0.368. The molecule has 1 N–H and O–H groups in total. The number of fused-ring (bicyclic) bond motifs is 3. The van der Waals surface area contributed by atoms with Crippen molar-refractivity contribution in [2.45, 2.75) is 164 Å². The summed E-state index contributed by atoms with van der Waals surface area (Å²) in [6.07, 6.45) is 5.75. The van der Waals surface area contributed by atoms with E-state index in [4.69, 9.17) is 76.3 Å². The van der Waals surface area contributed by atoms with Crippen LogP contribution in [-0.2, 0) is 27.3 Å². The third kappa shape index (κ3) is 16.0. The van der Waals surface area contributed by atoms with Gasteiger partial charge >= 0.3 is 17.1 Å². The predicted molar refractivity (Wildman–Crippen MR) is 459 cm³/mol. The first-order valence-electron chi connectivity index (χ1n) is 39.5. The zero-order valence-corrected chi connectivity index (χ0v) is 71.5. The van der Waals surface area contributed by atoms with Gasteiger partial charge in [-0.15, -0.1) is 0 Å². The van der Waals surface area contributed by atoms with Crippen LogP contribution in [0.15, 0.2) is 118 Å². The van der Waals surface area contributed by atoms with E-state index in [-0.39, 0.29) is 211 Å². The van der Waals surface area contributed by atoms with Crippen LogP contribution in [0.2, 0.25) is 20.2 Å². The summed E-state index contributed by atoms with van der Waals surface area (Å²) in [6, 6.07) is 15.4. The van der Waals surface area contributed by atoms with E-state index in [9.17, 15) is 33.5 Å². The Bertz CT molecular complexity index is 6280. The second kappa shape index (κ2) is 33.4. The normalized spacial score (nSPS) is 18.1. The predicted octanol–water partition coefficient (Wildman–Crippen LogP) is 15.5. The van der Waals surface area contributed by atoms with Crippen molar-refractivity contribution in [2.24, 2.45) is 5.41 Å². The molecule has 3 amide bonds. The molecule has 120 heavy (non-hydrogen) atoms. The number of nitrogens with zero attached hydrogens (tertiary/aromatic N) is 18. The van der Waals surface area contributed by atoms with E-state index in [1.807, 2.05) is 105 Å². The Hall–Kier alpha value is -11.3. The van der Waals surface area contributed by atoms with Crippen molar-refractivity contribution in [1.82, 2.24) is 73.3 Å². The monoisotopic (exact) mass is 1710 g/mol. The molecule has 0 bridgehead atoms. The molecule has 25 nitrogen and oxygen atoms in total. The van der Waals surface area contributed by atoms with E-state index in [1.165, 1.54) is 62.3 Å². The van der Waals surface area contributed by atoms with E-state index >= 15 is 18.0 Å². The van der Waals surface area contributed by atoms with Gasteiger partial charge in [0, 0.05) is 124 Å². The molecule has 11 aromatic rings. The van der Waals surface area contributed by atoms with E-state index in [1.54, 1.807) is 64.2 Å². The van der Waals surface area contributed by atoms with Crippen LogP contribution in [0.4, 0.5) is 35.0 Å². The van der Waals surface area contributed by atoms with Crippen LogP contribution in [0.3, 0.4) is 0 Å². The average Bonchev–Trinajstić information content (AvgIpc) is 0.740. The lowest BCUT2D eigenvalue weighted by atomic mass is 9.97. The number of rotatable bonds is 17. The van der Waals surface area contributed by atoms with Crippen LogP contribution in [0.1, 0.15) is 137 Å². The standard InChI is InChI=1S/C87H88Cl4F4N18O7/c1-16-67(115)105-35-47(9)109(38-44(105)6)81-57-30-59(89)73(53-22-18-20-24-62(53)93)100-83(57)113(86(120)104-81)76-71(43(4)5)97-66(98-77(76)91)26-28-69(117)107-37-49(11)110(40-46(107)8)80-56-31-60(90)74(54-32-63(94)64(95)33-65(54)114)101-82(56)112(85(119)103-80)75-50(12)51(34-96-70(75)42(2)3)25-27-68(116)106-36-48(10)108(39-45(106)7)79-55-29-58(88)72(52-21-17-19-23-61(52)92)99-78(55)111(84(118)102-79)41-87(13,14)15/h16-24,26,28-34,42-49,114H,1,25,27,35-41H2,2-15H3/b28-26-. The van der Waals surface area contributed by atoms with Crippen LogP contribution in [0, 0.1) is 35.6 Å². The molecule has 0 saturated carbocycles. The molecule has 33 heteroatoms. The van der Waals surface area contributed by atoms with E-state index in [0.29, 0.717) is 39.5 Å². The van der Waals surface area contributed by atoms with Gasteiger partial charge in [-0.3, -0.25) is 23.9 Å². The minimum Gasteiger partial charge on any atom is -0.507 e. The Morgan fingerprint density at radius 2 is 0.975 bits per heavy atom. The minimum absolute atomic E-state index is 0.00438. The van der Waals surface area contributed by atoms with Crippen LogP contribution in [0.5, 0.6) is 5.75 Å². The lowest BCUT2D eigenvalue weighted by molar-refractivity contribution is -0.134. The van der Waals surface area contributed by atoms with Crippen molar-refractivity contribution < 1.29 is 37.1 Å². The van der Waals surface area contributed by atoms with Crippen molar-refractivity contribution >= 4 is 121 Å². The quantitative estimate of drug-likeness (QED) is 0.0504. The summed E-state index contributed by atoms with van der Waals surface area (Å²) in [4.78, 5) is 141. The topological polar surface area (TPSA) is 273 Å². The highest BCUT2D eigenvalue weighted by molar-refractivity contribution is 6.35. The summed E-state index contributed by atoms with van der Waals surface area (Å²) in [7, 11) is 0.